The van der Waals surface area contributed by atoms with E-state index in [1.807, 2.05) is 0 Å². The number of aryl methyl sites for hydroxylation is 1. The molecule has 0 saturated carbocycles. The molecule has 0 fully saturated rings. The largest absolute Gasteiger partial charge is 0.573 e. The van der Waals surface area contributed by atoms with Gasteiger partial charge in [0.1, 0.15) is 37.9 Å². The van der Waals surface area contributed by atoms with Crippen molar-refractivity contribution in [3.63, 3.8) is 0 Å². The van der Waals surface area contributed by atoms with Crippen LogP contribution in [-0.2, 0) is 35.1 Å². The summed E-state index contributed by atoms with van der Waals surface area (Å²) in [7, 11) is 0. The fourth-order valence-electron chi connectivity index (χ4n) is 3.14. The van der Waals surface area contributed by atoms with Crippen LogP contribution in [0.5, 0.6) is 11.5 Å². The number of nitrogens with zero attached hydrogens (tertiary/aromatic N) is 2. The van der Waals surface area contributed by atoms with Crippen LogP contribution in [0.1, 0.15) is 18.1 Å². The van der Waals surface area contributed by atoms with E-state index in [1.165, 1.54) is 6.92 Å². The molecule has 0 radical (unpaired) electrons. The fraction of sp³-hybridized carbons (Fsp3) is 0.500. The van der Waals surface area contributed by atoms with E-state index in [2.05, 4.69) is 28.6 Å². The number of fused-ring (bicyclic) bond motifs is 1. The number of hydrogen-bond acceptors (Lipinski definition) is 13. The molecule has 0 bridgehead atoms. The number of ether oxygens (including phenoxy) is 5. The topological polar surface area (TPSA) is 185 Å². The van der Waals surface area contributed by atoms with Crippen LogP contribution in [0.2, 0.25) is 0 Å². The monoisotopic (exact) mass is 608 g/mol. The number of carbonyl (C=O) groups is 2. The summed E-state index contributed by atoms with van der Waals surface area (Å²) >= 11 is 0. The van der Waals surface area contributed by atoms with Gasteiger partial charge in [-0.3, -0.25) is 0 Å². The highest BCUT2D eigenvalue weighted by molar-refractivity contribution is 5.96. The van der Waals surface area contributed by atoms with Gasteiger partial charge in [0.25, 0.3) is 10.2 Å². The van der Waals surface area contributed by atoms with Crippen LogP contribution < -0.4 is 9.47 Å². The van der Waals surface area contributed by atoms with Crippen LogP contribution in [-0.4, -0.2) is 73.5 Å². The average Bonchev–Trinajstić information content (AvgIpc) is 2.85. The lowest BCUT2D eigenvalue weighted by atomic mass is 9.97. The number of alkyl halides is 6. The van der Waals surface area contributed by atoms with Gasteiger partial charge in [-0.2, -0.15) is 13.2 Å². The molecule has 21 heteroatoms. The van der Waals surface area contributed by atoms with Crippen LogP contribution in [0.15, 0.2) is 17.7 Å². The average molecular weight is 608 g/mol. The Bertz CT molecular complexity index is 1150. The van der Waals surface area contributed by atoms with E-state index in [4.69, 9.17) is 4.74 Å². The molecule has 228 valence electrons. The molecule has 1 aliphatic rings. The van der Waals surface area contributed by atoms with Gasteiger partial charge in [0.2, 0.25) is 6.10 Å². The molecule has 0 saturated heterocycles. The Morgan fingerprint density at radius 3 is 2.10 bits per heavy atom. The van der Waals surface area contributed by atoms with Gasteiger partial charge in [-0.05, 0) is 30.2 Å². The number of rotatable bonds is 13. The third-order valence-electron chi connectivity index (χ3n) is 4.68. The highest BCUT2D eigenvalue weighted by atomic mass is 19.4. The molecule has 2 rings (SSSR count). The number of carbonyl (C=O) groups excluding carboxylic acids is 2. The summed E-state index contributed by atoms with van der Waals surface area (Å²) < 4.78 is 101. The van der Waals surface area contributed by atoms with E-state index in [9.17, 15) is 56.2 Å². The Labute approximate surface area is 223 Å². The first-order valence-corrected chi connectivity index (χ1v) is 10.9. The lowest BCUT2D eigenvalue weighted by Crippen LogP contribution is -2.41. The maximum atomic E-state index is 13.7. The molecule has 1 unspecified atom stereocenters. The van der Waals surface area contributed by atoms with Crippen molar-refractivity contribution in [1.82, 2.24) is 0 Å². The lowest BCUT2D eigenvalue weighted by molar-refractivity contribution is -0.768. The minimum Gasteiger partial charge on any atom is -0.475 e. The lowest BCUT2D eigenvalue weighted by Gasteiger charge is -2.29. The molecule has 0 amide bonds. The van der Waals surface area contributed by atoms with Crippen LogP contribution in [0.25, 0.3) is 6.08 Å². The summed E-state index contributed by atoms with van der Waals surface area (Å²) in [6.45, 7) is -2.26. The standard InChI is InChI=1S/C20H18F6N2O13/c1-2-10-5-12(41-20(24,25)26)6-11-7-14(16(19(21,22)23)40-15(10)11)17(29)35-3-4-36-18(30)39-13(8-37-27(31)32)9-38-28(33)34/h5-7,13,16H,2-4,8-9H2,1H3. The maximum Gasteiger partial charge on any atom is 0.573 e. The normalized spacial score (nSPS) is 14.6. The van der Waals surface area contributed by atoms with Crippen molar-refractivity contribution in [3.05, 3.63) is 49.1 Å². The fourth-order valence-corrected chi connectivity index (χ4v) is 3.14. The summed E-state index contributed by atoms with van der Waals surface area (Å²) in [6, 6.07) is 1.55. The van der Waals surface area contributed by atoms with Crippen LogP contribution in [0.3, 0.4) is 0 Å². The van der Waals surface area contributed by atoms with Gasteiger partial charge >= 0.3 is 24.7 Å². The Kier molecular flexibility index (Phi) is 10.8. The van der Waals surface area contributed by atoms with Crippen molar-refractivity contribution in [1.29, 1.82) is 0 Å². The van der Waals surface area contributed by atoms with Gasteiger partial charge in [0.05, 0.1) is 5.57 Å². The molecule has 0 aromatic heterocycles. The minimum absolute atomic E-state index is 0.0554. The Morgan fingerprint density at radius 2 is 1.59 bits per heavy atom. The van der Waals surface area contributed by atoms with E-state index >= 15 is 0 Å². The van der Waals surface area contributed by atoms with E-state index in [0.29, 0.717) is 12.1 Å². The van der Waals surface area contributed by atoms with Crippen LogP contribution >= 0.6 is 0 Å². The van der Waals surface area contributed by atoms with Gasteiger partial charge in [-0.1, -0.05) is 6.92 Å². The SMILES string of the molecule is CCc1cc(OC(F)(F)F)cc2c1OC(C(F)(F)F)C(C(=O)OCCOC(=O)OC(CO[N+](=O)[O-])CO[N+](=O)[O-])=C2. The van der Waals surface area contributed by atoms with E-state index < -0.39 is 90.5 Å². The van der Waals surface area contributed by atoms with Crippen LogP contribution in [0.4, 0.5) is 31.1 Å². The van der Waals surface area contributed by atoms with E-state index in [0.717, 1.165) is 6.07 Å². The predicted octanol–water partition coefficient (Wildman–Crippen LogP) is 3.34. The van der Waals surface area contributed by atoms with Gasteiger partial charge in [-0.15, -0.1) is 33.4 Å². The first-order valence-electron chi connectivity index (χ1n) is 10.9. The Hall–Kier alpha value is -4.72. The zero-order valence-electron chi connectivity index (χ0n) is 20.4. The molecule has 0 aliphatic carbocycles. The molecule has 1 atom stereocenters. The second-order valence-electron chi connectivity index (χ2n) is 7.55. The number of halogens is 6. The quantitative estimate of drug-likeness (QED) is 0.104. The highest BCUT2D eigenvalue weighted by Crippen LogP contribution is 2.42. The number of hydrogen-bond donors (Lipinski definition) is 0. The first kappa shape index (κ1) is 32.5. The Balaban J connectivity index is 2.10. The summed E-state index contributed by atoms with van der Waals surface area (Å²) in [5, 5.41) is 17.9. The van der Waals surface area contributed by atoms with Gasteiger partial charge in [0.15, 0.2) is 6.10 Å². The third-order valence-corrected chi connectivity index (χ3v) is 4.68. The summed E-state index contributed by atoms with van der Waals surface area (Å²) in [5.41, 5.74) is -1.55. The molecular weight excluding hydrogens is 590 g/mol. The van der Waals surface area contributed by atoms with Gasteiger partial charge in [0, 0.05) is 5.56 Å². The molecular formula is C20H18F6N2O13. The molecule has 0 spiro atoms. The van der Waals surface area contributed by atoms with Crippen molar-refractivity contribution < 1.29 is 79.5 Å². The van der Waals surface area contributed by atoms with E-state index in [-0.39, 0.29) is 17.5 Å². The third kappa shape index (κ3) is 10.4. The molecule has 1 aromatic rings. The Morgan fingerprint density at radius 1 is 1.00 bits per heavy atom. The summed E-state index contributed by atoms with van der Waals surface area (Å²) in [6.07, 6.45) is -15.9. The zero-order valence-corrected chi connectivity index (χ0v) is 20.4. The molecule has 0 N–H and O–H groups in total. The van der Waals surface area contributed by atoms with E-state index in [1.54, 1.807) is 0 Å². The van der Waals surface area contributed by atoms with Crippen molar-refractivity contribution >= 4 is 18.2 Å². The smallest absolute Gasteiger partial charge is 0.475 e. The second kappa shape index (κ2) is 13.6. The maximum absolute atomic E-state index is 13.7. The molecule has 1 heterocycles. The second-order valence-corrected chi connectivity index (χ2v) is 7.55. The molecule has 15 nitrogen and oxygen atoms in total. The number of esters is 1. The van der Waals surface area contributed by atoms with Crippen molar-refractivity contribution in [2.75, 3.05) is 26.4 Å². The highest BCUT2D eigenvalue weighted by Gasteiger charge is 2.49. The van der Waals surface area contributed by atoms with Gasteiger partial charge in [-0.25, -0.2) is 9.59 Å². The van der Waals surface area contributed by atoms with Crippen molar-refractivity contribution in [2.24, 2.45) is 0 Å². The van der Waals surface area contributed by atoms with Crippen LogP contribution in [0, 0.1) is 20.2 Å². The predicted molar refractivity (Wildman–Crippen MR) is 114 cm³/mol. The van der Waals surface area contributed by atoms with Crippen molar-refractivity contribution in [2.45, 2.75) is 38.1 Å². The van der Waals surface area contributed by atoms with Gasteiger partial charge < -0.3 is 33.4 Å². The summed E-state index contributed by atoms with van der Waals surface area (Å²) in [4.78, 5) is 52.4. The zero-order chi connectivity index (χ0) is 31.0. The minimum atomic E-state index is -5.17. The molecule has 1 aliphatic heterocycles. The molecule has 1 aromatic carbocycles. The molecule has 41 heavy (non-hydrogen) atoms. The first-order chi connectivity index (χ1) is 19.0. The summed E-state index contributed by atoms with van der Waals surface area (Å²) in [5.74, 6) is -2.83. The van der Waals surface area contributed by atoms with Crippen molar-refractivity contribution in [3.8, 4) is 11.5 Å². The number of benzene rings is 1.